The number of ether oxygens (including phenoxy) is 1. The number of unbranched alkanes of at least 4 members (excludes halogenated alkanes) is 5. The molecule has 0 bridgehead atoms. The molecule has 0 fully saturated rings. The lowest BCUT2D eigenvalue weighted by atomic mass is 10.00. The van der Waals surface area contributed by atoms with Gasteiger partial charge in [-0.25, -0.2) is 8.78 Å². The Morgan fingerprint density at radius 2 is 1.24 bits per heavy atom. The first-order valence-corrected chi connectivity index (χ1v) is 10.5. The normalized spacial score (nSPS) is 10.9. The standard InChI is InChI=1S/C26H28F2O/c1-2-3-4-5-6-7-19-29-23-17-15-21(16-18-23)20-11-13-22(14-12-20)24-9-8-10-25(27)26(24)28/h8-18H,2-7,19H2,1H3. The molecule has 0 spiro atoms. The first kappa shape index (κ1) is 21.0. The number of hydrogen-bond acceptors (Lipinski definition) is 1. The van der Waals surface area contributed by atoms with E-state index in [9.17, 15) is 8.78 Å². The Hall–Kier alpha value is -2.68. The van der Waals surface area contributed by atoms with Gasteiger partial charge in [0.05, 0.1) is 6.61 Å². The molecule has 0 aliphatic heterocycles. The molecule has 3 aromatic carbocycles. The third kappa shape index (κ3) is 5.90. The Labute approximate surface area is 172 Å². The highest BCUT2D eigenvalue weighted by Crippen LogP contribution is 2.28. The van der Waals surface area contributed by atoms with Crippen molar-refractivity contribution in [1.82, 2.24) is 0 Å². The fourth-order valence-electron chi connectivity index (χ4n) is 3.39. The molecular formula is C26H28F2O. The molecule has 0 aliphatic rings. The van der Waals surface area contributed by atoms with Crippen LogP contribution in [0.25, 0.3) is 22.3 Å². The van der Waals surface area contributed by atoms with Crippen LogP contribution in [-0.2, 0) is 0 Å². The molecule has 0 unspecified atom stereocenters. The van der Waals surface area contributed by atoms with E-state index < -0.39 is 11.6 Å². The highest BCUT2D eigenvalue weighted by Gasteiger charge is 2.09. The van der Waals surface area contributed by atoms with Gasteiger partial charge in [0.15, 0.2) is 11.6 Å². The number of hydrogen-bond donors (Lipinski definition) is 0. The second kappa shape index (κ2) is 10.8. The molecule has 0 aliphatic carbocycles. The average molecular weight is 395 g/mol. The summed E-state index contributed by atoms with van der Waals surface area (Å²) in [4.78, 5) is 0. The predicted molar refractivity (Wildman–Crippen MR) is 116 cm³/mol. The monoisotopic (exact) mass is 394 g/mol. The highest BCUT2D eigenvalue weighted by atomic mass is 19.2. The van der Waals surface area contributed by atoms with Gasteiger partial charge in [-0.2, -0.15) is 0 Å². The predicted octanol–water partition coefficient (Wildman–Crippen LogP) is 8.04. The Kier molecular flexibility index (Phi) is 7.80. The largest absolute Gasteiger partial charge is 0.494 e. The van der Waals surface area contributed by atoms with Crippen molar-refractivity contribution >= 4 is 0 Å². The summed E-state index contributed by atoms with van der Waals surface area (Å²) < 4.78 is 33.2. The van der Waals surface area contributed by atoms with Gasteiger partial charge in [0.25, 0.3) is 0 Å². The summed E-state index contributed by atoms with van der Waals surface area (Å²) in [5.74, 6) is -0.768. The maximum Gasteiger partial charge on any atom is 0.166 e. The van der Waals surface area contributed by atoms with Crippen LogP contribution in [0.5, 0.6) is 5.75 Å². The molecule has 29 heavy (non-hydrogen) atoms. The van der Waals surface area contributed by atoms with E-state index in [1.54, 1.807) is 6.07 Å². The fourth-order valence-corrected chi connectivity index (χ4v) is 3.39. The molecule has 0 amide bonds. The smallest absolute Gasteiger partial charge is 0.166 e. The fraction of sp³-hybridized carbons (Fsp3) is 0.308. The third-order valence-corrected chi connectivity index (χ3v) is 5.10. The summed E-state index contributed by atoms with van der Waals surface area (Å²) in [6.07, 6.45) is 7.50. The Morgan fingerprint density at radius 1 is 0.655 bits per heavy atom. The van der Waals surface area contributed by atoms with E-state index in [0.717, 1.165) is 36.0 Å². The van der Waals surface area contributed by atoms with E-state index in [4.69, 9.17) is 4.74 Å². The van der Waals surface area contributed by atoms with Crippen molar-refractivity contribution in [3.63, 3.8) is 0 Å². The summed E-state index contributed by atoms with van der Waals surface area (Å²) in [6.45, 7) is 2.98. The van der Waals surface area contributed by atoms with Crippen LogP contribution in [0.1, 0.15) is 45.4 Å². The van der Waals surface area contributed by atoms with E-state index in [-0.39, 0.29) is 5.56 Å². The highest BCUT2D eigenvalue weighted by molar-refractivity contribution is 5.71. The van der Waals surface area contributed by atoms with Gasteiger partial charge in [-0.3, -0.25) is 0 Å². The van der Waals surface area contributed by atoms with Gasteiger partial charge in [-0.1, -0.05) is 87.6 Å². The first-order valence-electron chi connectivity index (χ1n) is 10.5. The van der Waals surface area contributed by atoms with Gasteiger partial charge in [0.1, 0.15) is 5.75 Å². The molecule has 0 heterocycles. The Morgan fingerprint density at radius 3 is 1.93 bits per heavy atom. The van der Waals surface area contributed by atoms with Crippen molar-refractivity contribution < 1.29 is 13.5 Å². The Bertz CT molecular complexity index is 886. The molecule has 1 nitrogen and oxygen atoms in total. The number of halogens is 2. The SMILES string of the molecule is CCCCCCCCOc1ccc(-c2ccc(-c3cccc(F)c3F)cc2)cc1. The lowest BCUT2D eigenvalue weighted by Crippen LogP contribution is -1.97. The summed E-state index contributed by atoms with van der Waals surface area (Å²) in [5.41, 5.74) is 3.01. The molecule has 0 radical (unpaired) electrons. The van der Waals surface area contributed by atoms with E-state index in [1.165, 1.54) is 38.2 Å². The minimum absolute atomic E-state index is 0.273. The van der Waals surface area contributed by atoms with Crippen molar-refractivity contribution in [3.05, 3.63) is 78.4 Å². The summed E-state index contributed by atoms with van der Waals surface area (Å²) in [7, 11) is 0. The van der Waals surface area contributed by atoms with Crippen LogP contribution < -0.4 is 4.74 Å². The van der Waals surface area contributed by atoms with Gasteiger partial charge in [0, 0.05) is 5.56 Å². The van der Waals surface area contributed by atoms with Gasteiger partial charge in [-0.15, -0.1) is 0 Å². The van der Waals surface area contributed by atoms with E-state index in [0.29, 0.717) is 5.56 Å². The molecule has 3 rings (SSSR count). The zero-order chi connectivity index (χ0) is 20.5. The van der Waals surface area contributed by atoms with Gasteiger partial charge < -0.3 is 4.74 Å². The zero-order valence-corrected chi connectivity index (χ0v) is 17.0. The number of benzene rings is 3. The molecule has 0 saturated carbocycles. The molecule has 0 saturated heterocycles. The number of rotatable bonds is 10. The molecule has 3 heteroatoms. The van der Waals surface area contributed by atoms with Gasteiger partial charge >= 0.3 is 0 Å². The first-order chi connectivity index (χ1) is 14.2. The molecule has 0 atom stereocenters. The summed E-state index contributed by atoms with van der Waals surface area (Å²) >= 11 is 0. The van der Waals surface area contributed by atoms with Crippen LogP contribution in [0.3, 0.4) is 0 Å². The van der Waals surface area contributed by atoms with Crippen LogP contribution in [0.4, 0.5) is 8.78 Å². The second-order valence-electron chi connectivity index (χ2n) is 7.32. The van der Waals surface area contributed by atoms with Crippen LogP contribution in [0.15, 0.2) is 66.7 Å². The summed E-state index contributed by atoms with van der Waals surface area (Å²) in [6, 6.07) is 19.7. The van der Waals surface area contributed by atoms with Crippen molar-refractivity contribution in [1.29, 1.82) is 0 Å². The molecule has 0 aromatic heterocycles. The molecular weight excluding hydrogens is 366 g/mol. The lowest BCUT2D eigenvalue weighted by Gasteiger charge is -2.09. The second-order valence-corrected chi connectivity index (χ2v) is 7.32. The van der Waals surface area contributed by atoms with Crippen molar-refractivity contribution in [2.75, 3.05) is 6.61 Å². The average Bonchev–Trinajstić information content (AvgIpc) is 2.76. The van der Waals surface area contributed by atoms with Crippen LogP contribution in [-0.4, -0.2) is 6.61 Å². The van der Waals surface area contributed by atoms with E-state index in [1.807, 2.05) is 48.5 Å². The topological polar surface area (TPSA) is 9.23 Å². The minimum Gasteiger partial charge on any atom is -0.494 e. The van der Waals surface area contributed by atoms with Crippen molar-refractivity contribution in [3.8, 4) is 28.0 Å². The van der Waals surface area contributed by atoms with Crippen LogP contribution >= 0.6 is 0 Å². The summed E-state index contributed by atoms with van der Waals surface area (Å²) in [5, 5.41) is 0. The molecule has 3 aromatic rings. The third-order valence-electron chi connectivity index (χ3n) is 5.10. The molecule has 0 N–H and O–H groups in total. The lowest BCUT2D eigenvalue weighted by molar-refractivity contribution is 0.304. The van der Waals surface area contributed by atoms with E-state index in [2.05, 4.69) is 6.92 Å². The van der Waals surface area contributed by atoms with Gasteiger partial charge in [0.2, 0.25) is 0 Å². The van der Waals surface area contributed by atoms with Crippen LogP contribution in [0.2, 0.25) is 0 Å². The van der Waals surface area contributed by atoms with Gasteiger partial charge in [-0.05, 0) is 41.3 Å². The maximum atomic E-state index is 14.0. The minimum atomic E-state index is -0.830. The quantitative estimate of drug-likeness (QED) is 0.316. The van der Waals surface area contributed by atoms with E-state index >= 15 is 0 Å². The van der Waals surface area contributed by atoms with Crippen molar-refractivity contribution in [2.45, 2.75) is 45.4 Å². The van der Waals surface area contributed by atoms with Crippen LogP contribution in [0, 0.1) is 11.6 Å². The van der Waals surface area contributed by atoms with Crippen molar-refractivity contribution in [2.24, 2.45) is 0 Å². The maximum absolute atomic E-state index is 14.0. The Balaban J connectivity index is 1.55. The zero-order valence-electron chi connectivity index (χ0n) is 17.0. The molecule has 152 valence electrons.